The number of allylic oxidation sites excluding steroid dienone is 3. The summed E-state index contributed by atoms with van der Waals surface area (Å²) >= 11 is 0. The summed E-state index contributed by atoms with van der Waals surface area (Å²) in [5, 5.41) is 0. The zero-order chi connectivity index (χ0) is 8.10. The van der Waals surface area contributed by atoms with Crippen molar-refractivity contribution in [2.45, 2.75) is 19.3 Å². The van der Waals surface area contributed by atoms with Gasteiger partial charge in [0, 0.05) is 6.42 Å². The zero-order valence-corrected chi connectivity index (χ0v) is 6.97. The molecule has 1 aliphatic rings. The van der Waals surface area contributed by atoms with E-state index in [4.69, 9.17) is 10.5 Å². The molecule has 0 bridgehead atoms. The Bertz CT molecular complexity index is 182. The number of methoxy groups -OCH3 is 1. The highest BCUT2D eigenvalue weighted by Crippen LogP contribution is 2.20. The van der Waals surface area contributed by atoms with Crippen LogP contribution in [0.3, 0.4) is 0 Å². The molecule has 0 radical (unpaired) electrons. The molecule has 0 atom stereocenters. The van der Waals surface area contributed by atoms with E-state index in [9.17, 15) is 0 Å². The molecule has 0 spiro atoms. The van der Waals surface area contributed by atoms with Crippen molar-refractivity contribution in [2.24, 2.45) is 5.73 Å². The second-order valence-corrected chi connectivity index (χ2v) is 2.69. The third-order valence-corrected chi connectivity index (χ3v) is 1.88. The predicted octanol–water partition coefficient (Wildman–Crippen LogP) is 1.59. The minimum Gasteiger partial charge on any atom is -0.501 e. The quantitative estimate of drug-likeness (QED) is 0.625. The van der Waals surface area contributed by atoms with Crippen LogP contribution in [0.5, 0.6) is 0 Å². The summed E-state index contributed by atoms with van der Waals surface area (Å²) in [6.45, 7) is 0.739. The van der Waals surface area contributed by atoms with Gasteiger partial charge in [0.2, 0.25) is 0 Å². The van der Waals surface area contributed by atoms with E-state index in [1.807, 2.05) is 0 Å². The van der Waals surface area contributed by atoms with Crippen molar-refractivity contribution in [3.05, 3.63) is 23.5 Å². The van der Waals surface area contributed by atoms with E-state index in [1.165, 1.54) is 5.57 Å². The van der Waals surface area contributed by atoms with Gasteiger partial charge in [-0.1, -0.05) is 11.6 Å². The van der Waals surface area contributed by atoms with Crippen molar-refractivity contribution in [3.63, 3.8) is 0 Å². The average molecular weight is 153 g/mol. The lowest BCUT2D eigenvalue weighted by molar-refractivity contribution is 0.279. The Kier molecular flexibility index (Phi) is 3.17. The van der Waals surface area contributed by atoms with Crippen LogP contribution in [0, 0.1) is 0 Å². The highest BCUT2D eigenvalue weighted by atomic mass is 16.5. The van der Waals surface area contributed by atoms with Crippen molar-refractivity contribution < 1.29 is 4.74 Å². The second kappa shape index (κ2) is 4.19. The van der Waals surface area contributed by atoms with Crippen molar-refractivity contribution in [1.82, 2.24) is 0 Å². The fourth-order valence-corrected chi connectivity index (χ4v) is 1.26. The van der Waals surface area contributed by atoms with Gasteiger partial charge < -0.3 is 10.5 Å². The number of ether oxygens (including phenoxy) is 1. The summed E-state index contributed by atoms with van der Waals surface area (Å²) in [5.41, 5.74) is 6.85. The molecule has 0 saturated carbocycles. The maximum absolute atomic E-state index is 5.45. The van der Waals surface area contributed by atoms with E-state index in [0.717, 1.165) is 31.6 Å². The topological polar surface area (TPSA) is 35.2 Å². The third-order valence-electron chi connectivity index (χ3n) is 1.88. The summed E-state index contributed by atoms with van der Waals surface area (Å²) in [4.78, 5) is 0. The summed E-state index contributed by atoms with van der Waals surface area (Å²) < 4.78 is 5.15. The molecular formula is C9H15NO. The van der Waals surface area contributed by atoms with Gasteiger partial charge in [-0.05, 0) is 25.5 Å². The van der Waals surface area contributed by atoms with Crippen LogP contribution < -0.4 is 5.73 Å². The maximum Gasteiger partial charge on any atom is 0.0959 e. The van der Waals surface area contributed by atoms with Crippen LogP contribution in [0.1, 0.15) is 19.3 Å². The van der Waals surface area contributed by atoms with Crippen LogP contribution in [-0.2, 0) is 4.74 Å². The molecule has 0 amide bonds. The van der Waals surface area contributed by atoms with Gasteiger partial charge in [-0.2, -0.15) is 0 Å². The molecule has 2 N–H and O–H groups in total. The van der Waals surface area contributed by atoms with E-state index < -0.39 is 0 Å². The smallest absolute Gasteiger partial charge is 0.0959 e. The highest BCUT2D eigenvalue weighted by molar-refractivity contribution is 5.18. The molecule has 11 heavy (non-hydrogen) atoms. The first-order valence-electron chi connectivity index (χ1n) is 3.98. The van der Waals surface area contributed by atoms with Gasteiger partial charge >= 0.3 is 0 Å². The maximum atomic E-state index is 5.45. The molecule has 2 heteroatoms. The van der Waals surface area contributed by atoms with Gasteiger partial charge in [0.25, 0.3) is 0 Å². The molecule has 0 unspecified atom stereocenters. The Balaban J connectivity index is 2.41. The van der Waals surface area contributed by atoms with Crippen LogP contribution in [0.4, 0.5) is 0 Å². The largest absolute Gasteiger partial charge is 0.501 e. The van der Waals surface area contributed by atoms with E-state index in [-0.39, 0.29) is 0 Å². The first-order chi connectivity index (χ1) is 5.36. The van der Waals surface area contributed by atoms with Crippen molar-refractivity contribution >= 4 is 0 Å². The second-order valence-electron chi connectivity index (χ2n) is 2.69. The Hall–Kier alpha value is -0.760. The normalized spacial score (nSPS) is 17.3. The molecule has 0 aromatic carbocycles. The fourth-order valence-electron chi connectivity index (χ4n) is 1.26. The predicted molar refractivity (Wildman–Crippen MR) is 46.1 cm³/mol. The van der Waals surface area contributed by atoms with Crippen LogP contribution in [0.15, 0.2) is 23.5 Å². The van der Waals surface area contributed by atoms with Gasteiger partial charge in [0.15, 0.2) is 0 Å². The third kappa shape index (κ3) is 2.39. The fraction of sp³-hybridized carbons (Fsp3) is 0.556. The monoisotopic (exact) mass is 153 g/mol. The van der Waals surface area contributed by atoms with Crippen molar-refractivity contribution in [3.8, 4) is 0 Å². The lowest BCUT2D eigenvalue weighted by atomic mass is 10.0. The lowest BCUT2D eigenvalue weighted by Gasteiger charge is -2.13. The number of hydrogen-bond acceptors (Lipinski definition) is 2. The minimum atomic E-state index is 0.739. The number of hydrogen-bond donors (Lipinski definition) is 1. The SMILES string of the molecule is COC1=CCC=C(CCN)C1. The van der Waals surface area contributed by atoms with Gasteiger partial charge in [0.05, 0.1) is 12.9 Å². The van der Waals surface area contributed by atoms with Gasteiger partial charge in [-0.25, -0.2) is 0 Å². The Labute approximate surface area is 67.7 Å². The molecule has 2 nitrogen and oxygen atoms in total. The molecule has 0 saturated heterocycles. The summed E-state index contributed by atoms with van der Waals surface area (Å²) in [7, 11) is 1.72. The molecule has 0 aromatic rings. The molecule has 0 heterocycles. The highest BCUT2D eigenvalue weighted by Gasteiger charge is 2.05. The average Bonchev–Trinajstić information content (AvgIpc) is 2.06. The standard InChI is InChI=1S/C9H15NO/c1-11-9-4-2-3-8(7-9)5-6-10/h3-4H,2,5-7,10H2,1H3. The van der Waals surface area contributed by atoms with Crippen molar-refractivity contribution in [1.29, 1.82) is 0 Å². The first-order valence-corrected chi connectivity index (χ1v) is 3.98. The van der Waals surface area contributed by atoms with E-state index in [0.29, 0.717) is 0 Å². The van der Waals surface area contributed by atoms with E-state index in [1.54, 1.807) is 7.11 Å². The van der Waals surface area contributed by atoms with Crippen molar-refractivity contribution in [2.75, 3.05) is 13.7 Å². The number of rotatable bonds is 3. The Morgan fingerprint density at radius 2 is 2.36 bits per heavy atom. The van der Waals surface area contributed by atoms with Gasteiger partial charge in [0.1, 0.15) is 0 Å². The molecule has 0 aliphatic heterocycles. The molecule has 1 rings (SSSR count). The van der Waals surface area contributed by atoms with E-state index >= 15 is 0 Å². The summed E-state index contributed by atoms with van der Waals surface area (Å²) in [5.74, 6) is 1.08. The molecule has 62 valence electrons. The molecule has 1 aliphatic carbocycles. The Morgan fingerprint density at radius 1 is 1.55 bits per heavy atom. The van der Waals surface area contributed by atoms with Crippen LogP contribution in [-0.4, -0.2) is 13.7 Å². The van der Waals surface area contributed by atoms with Gasteiger partial charge in [-0.3, -0.25) is 0 Å². The zero-order valence-electron chi connectivity index (χ0n) is 6.97. The van der Waals surface area contributed by atoms with Crippen LogP contribution >= 0.6 is 0 Å². The Morgan fingerprint density at radius 3 is 3.00 bits per heavy atom. The lowest BCUT2D eigenvalue weighted by Crippen LogP contribution is -2.03. The van der Waals surface area contributed by atoms with Gasteiger partial charge in [-0.15, -0.1) is 0 Å². The summed E-state index contributed by atoms with van der Waals surface area (Å²) in [6.07, 6.45) is 7.29. The molecule has 0 fully saturated rings. The first kappa shape index (κ1) is 8.34. The molecule has 0 aromatic heterocycles. The van der Waals surface area contributed by atoms with E-state index in [2.05, 4.69) is 12.2 Å². The van der Waals surface area contributed by atoms with Crippen LogP contribution in [0.2, 0.25) is 0 Å². The van der Waals surface area contributed by atoms with Crippen LogP contribution in [0.25, 0.3) is 0 Å². The number of nitrogens with two attached hydrogens (primary N) is 1. The summed E-state index contributed by atoms with van der Waals surface area (Å²) in [6, 6.07) is 0. The molecular weight excluding hydrogens is 138 g/mol. The minimum absolute atomic E-state index is 0.739.